The molecule has 1 aromatic rings. The highest BCUT2D eigenvalue weighted by molar-refractivity contribution is 5.72. The summed E-state index contributed by atoms with van der Waals surface area (Å²) >= 11 is 0. The normalized spacial score (nSPS) is 15.9. The number of pyridine rings is 1. The van der Waals surface area contributed by atoms with Crippen LogP contribution in [0.3, 0.4) is 0 Å². The molecule has 5 unspecified atom stereocenters. The average Bonchev–Trinajstić information content (AvgIpc) is 2.77. The number of rotatable bonds is 15. The highest BCUT2D eigenvalue weighted by atomic mass is 16.6. The zero-order chi connectivity index (χ0) is 25.1. The van der Waals surface area contributed by atoms with E-state index < -0.39 is 5.97 Å². The molecular weight excluding hydrogens is 418 g/mol. The fraction of sp³-hybridized carbons (Fsp3) is 0.778. The van der Waals surface area contributed by atoms with Crippen molar-refractivity contribution in [2.75, 3.05) is 14.2 Å². The zero-order valence-electron chi connectivity index (χ0n) is 22.4. The van der Waals surface area contributed by atoms with Gasteiger partial charge < -0.3 is 19.3 Å². The molecule has 0 saturated heterocycles. The minimum atomic E-state index is -0.399. The van der Waals surface area contributed by atoms with Gasteiger partial charge in [-0.05, 0) is 49.9 Å². The number of nitrogens with zero attached hydrogens (tertiary/aromatic N) is 1. The summed E-state index contributed by atoms with van der Waals surface area (Å²) in [4.78, 5) is 16.2. The van der Waals surface area contributed by atoms with E-state index in [9.17, 15) is 9.90 Å². The molecule has 0 radical (unpaired) electrons. The maximum atomic E-state index is 11.6. The predicted octanol–water partition coefficient (Wildman–Crippen LogP) is 6.14. The molecule has 0 saturated carbocycles. The minimum Gasteiger partial charge on any atom is -0.489 e. The number of aliphatic hydroxyl groups is 1. The van der Waals surface area contributed by atoms with E-state index in [0.717, 1.165) is 43.4 Å². The Balaban J connectivity index is 2.62. The molecule has 1 heterocycles. The van der Waals surface area contributed by atoms with Crippen LogP contribution < -0.4 is 14.2 Å². The van der Waals surface area contributed by atoms with Gasteiger partial charge in [-0.2, -0.15) is 0 Å². The van der Waals surface area contributed by atoms with E-state index in [4.69, 9.17) is 14.2 Å². The maximum absolute atomic E-state index is 11.6. The molecule has 0 aliphatic carbocycles. The monoisotopic (exact) mass is 465 g/mol. The van der Waals surface area contributed by atoms with E-state index in [1.807, 2.05) is 6.92 Å². The number of methoxy groups -OCH3 is 2. The molecule has 5 atom stereocenters. The molecule has 0 aromatic carbocycles. The first-order valence-electron chi connectivity index (χ1n) is 12.5. The van der Waals surface area contributed by atoms with Crippen molar-refractivity contribution in [2.24, 2.45) is 23.7 Å². The van der Waals surface area contributed by atoms with Crippen molar-refractivity contribution in [3.05, 3.63) is 11.3 Å². The maximum Gasteiger partial charge on any atom is 0.308 e. The van der Waals surface area contributed by atoms with Gasteiger partial charge in [0.05, 0.1) is 26.0 Å². The highest BCUT2D eigenvalue weighted by Crippen LogP contribution is 2.40. The van der Waals surface area contributed by atoms with E-state index >= 15 is 0 Å². The van der Waals surface area contributed by atoms with Crippen LogP contribution in [0, 0.1) is 30.6 Å². The topological polar surface area (TPSA) is 77.9 Å². The van der Waals surface area contributed by atoms with Crippen LogP contribution in [0.1, 0.15) is 91.3 Å². The fourth-order valence-electron chi connectivity index (χ4n) is 4.52. The van der Waals surface area contributed by atoms with E-state index in [2.05, 4.69) is 39.6 Å². The van der Waals surface area contributed by atoms with E-state index in [1.54, 1.807) is 0 Å². The third-order valence-corrected chi connectivity index (χ3v) is 6.91. The van der Waals surface area contributed by atoms with Crippen molar-refractivity contribution in [1.29, 1.82) is 0 Å². The number of aromatic nitrogens is 1. The van der Waals surface area contributed by atoms with Crippen molar-refractivity contribution >= 4 is 5.97 Å². The van der Waals surface area contributed by atoms with Crippen LogP contribution in [-0.4, -0.2) is 36.4 Å². The lowest BCUT2D eigenvalue weighted by atomic mass is 9.84. The summed E-state index contributed by atoms with van der Waals surface area (Å²) < 4.78 is 16.2. The van der Waals surface area contributed by atoms with E-state index in [-0.39, 0.29) is 6.10 Å². The summed E-state index contributed by atoms with van der Waals surface area (Å²) in [5, 5.41) is 10.4. The van der Waals surface area contributed by atoms with Gasteiger partial charge in [-0.3, -0.25) is 4.79 Å². The number of ether oxygens (including phenoxy) is 3. The Morgan fingerprint density at radius 3 is 2.15 bits per heavy atom. The Bertz CT molecular complexity index is 736. The second-order valence-electron chi connectivity index (χ2n) is 9.92. The average molecular weight is 466 g/mol. The minimum absolute atomic E-state index is 0.203. The molecule has 1 N–H and O–H groups in total. The molecule has 0 fully saturated rings. The Hall–Kier alpha value is -1.82. The largest absolute Gasteiger partial charge is 0.489 e. The summed E-state index contributed by atoms with van der Waals surface area (Å²) in [6.07, 6.45) is 7.22. The van der Waals surface area contributed by atoms with Gasteiger partial charge in [0.2, 0.25) is 5.75 Å². The number of aryl methyl sites for hydroxylation is 1. The quantitative estimate of drug-likeness (QED) is 0.313. The number of hydrogen-bond donors (Lipinski definition) is 1. The standard InChI is InChI=1S/C27H47NO5/c1-10-19(4)24(30)20(5)16-18(3)13-11-12-17(2)14-15-23-21(6)25(33-22(7)29)26(31-8)27(28-23)32-9/h17-20,24,30H,10-16H2,1-9H3. The second kappa shape index (κ2) is 14.4. The molecule has 6 heteroatoms. The molecule has 0 bridgehead atoms. The molecule has 0 aliphatic heterocycles. The summed E-state index contributed by atoms with van der Waals surface area (Å²) in [7, 11) is 3.05. The van der Waals surface area contributed by atoms with Crippen LogP contribution in [0.15, 0.2) is 0 Å². The van der Waals surface area contributed by atoms with Crippen molar-refractivity contribution in [3.8, 4) is 17.4 Å². The SMILES string of the molecule is CCC(C)C(O)C(C)CC(C)CCCC(C)CCc1nc(OC)c(OC)c(OC(C)=O)c1C. The summed E-state index contributed by atoms with van der Waals surface area (Å²) in [6, 6.07) is 0. The van der Waals surface area contributed by atoms with Gasteiger partial charge >= 0.3 is 5.97 Å². The zero-order valence-corrected chi connectivity index (χ0v) is 22.4. The van der Waals surface area contributed by atoms with Crippen molar-refractivity contribution in [3.63, 3.8) is 0 Å². The Labute approximate surface area is 201 Å². The number of aliphatic hydroxyl groups excluding tert-OH is 1. The Morgan fingerprint density at radius 2 is 1.61 bits per heavy atom. The van der Waals surface area contributed by atoms with Crippen LogP contribution >= 0.6 is 0 Å². The second-order valence-corrected chi connectivity index (χ2v) is 9.92. The van der Waals surface area contributed by atoms with Gasteiger partial charge in [0.15, 0.2) is 5.75 Å². The van der Waals surface area contributed by atoms with Crippen LogP contribution in [0.2, 0.25) is 0 Å². The molecule has 0 spiro atoms. The first-order chi connectivity index (χ1) is 15.5. The molecule has 0 amide bonds. The molecule has 6 nitrogen and oxygen atoms in total. The first-order valence-corrected chi connectivity index (χ1v) is 12.5. The summed E-state index contributed by atoms with van der Waals surface area (Å²) in [5.41, 5.74) is 1.69. The van der Waals surface area contributed by atoms with Gasteiger partial charge in [0.25, 0.3) is 5.88 Å². The lowest BCUT2D eigenvalue weighted by Crippen LogP contribution is -2.26. The van der Waals surface area contributed by atoms with Crippen molar-refractivity contribution in [2.45, 2.75) is 99.5 Å². The third-order valence-electron chi connectivity index (χ3n) is 6.91. The highest BCUT2D eigenvalue weighted by Gasteiger charge is 2.23. The fourth-order valence-corrected chi connectivity index (χ4v) is 4.52. The van der Waals surface area contributed by atoms with E-state index in [0.29, 0.717) is 41.1 Å². The molecular formula is C27H47NO5. The number of carbonyl (C=O) groups excluding carboxylic acids is 1. The summed E-state index contributed by atoms with van der Waals surface area (Å²) in [6.45, 7) is 14.3. The van der Waals surface area contributed by atoms with Gasteiger partial charge in [0.1, 0.15) is 0 Å². The number of hydrogen-bond acceptors (Lipinski definition) is 6. The van der Waals surface area contributed by atoms with Gasteiger partial charge in [-0.25, -0.2) is 4.98 Å². The number of esters is 1. The van der Waals surface area contributed by atoms with Gasteiger partial charge in [-0.1, -0.05) is 60.3 Å². The van der Waals surface area contributed by atoms with E-state index in [1.165, 1.54) is 34.0 Å². The van der Waals surface area contributed by atoms with Gasteiger partial charge in [-0.15, -0.1) is 0 Å². The van der Waals surface area contributed by atoms with Crippen LogP contribution in [0.5, 0.6) is 17.4 Å². The predicted molar refractivity (Wildman–Crippen MR) is 133 cm³/mol. The van der Waals surface area contributed by atoms with Crippen LogP contribution in [0.25, 0.3) is 0 Å². The smallest absolute Gasteiger partial charge is 0.308 e. The lowest BCUT2D eigenvalue weighted by molar-refractivity contribution is -0.132. The molecule has 190 valence electrons. The Morgan fingerprint density at radius 1 is 0.970 bits per heavy atom. The molecule has 33 heavy (non-hydrogen) atoms. The lowest BCUT2D eigenvalue weighted by Gasteiger charge is -2.26. The summed E-state index contributed by atoms with van der Waals surface area (Å²) in [5.74, 6) is 2.57. The number of carbonyl (C=O) groups is 1. The van der Waals surface area contributed by atoms with Crippen LogP contribution in [-0.2, 0) is 11.2 Å². The molecule has 1 rings (SSSR count). The molecule has 1 aromatic heterocycles. The van der Waals surface area contributed by atoms with Crippen LogP contribution in [0.4, 0.5) is 0 Å². The first kappa shape index (κ1) is 29.2. The van der Waals surface area contributed by atoms with Crippen molar-refractivity contribution in [1.82, 2.24) is 4.98 Å². The molecule has 0 aliphatic rings. The van der Waals surface area contributed by atoms with Gasteiger partial charge in [0, 0.05) is 12.5 Å². The Kier molecular flexibility index (Phi) is 12.8. The van der Waals surface area contributed by atoms with Crippen molar-refractivity contribution < 1.29 is 24.1 Å². The third kappa shape index (κ3) is 9.15.